The van der Waals surface area contributed by atoms with Gasteiger partial charge in [0.25, 0.3) is 0 Å². The Labute approximate surface area is 92.5 Å². The molecule has 0 aromatic heterocycles. The number of carbonyl (C=O) groups is 1. The van der Waals surface area contributed by atoms with Gasteiger partial charge in [0, 0.05) is 0 Å². The van der Waals surface area contributed by atoms with E-state index in [1.165, 1.54) is 0 Å². The number of rotatable bonds is 1. The number of alkyl carbamates (subject to hydrolysis) is 1. The lowest BCUT2D eigenvalue weighted by Crippen LogP contribution is -2.43. The third kappa shape index (κ3) is 3.84. The lowest BCUT2D eigenvalue weighted by molar-refractivity contribution is 0.0499. The van der Waals surface area contributed by atoms with Crippen LogP contribution in [0.25, 0.3) is 0 Å². The van der Waals surface area contributed by atoms with Gasteiger partial charge in [0.15, 0.2) is 0 Å². The van der Waals surface area contributed by atoms with E-state index < -0.39 is 11.7 Å². The van der Waals surface area contributed by atoms with E-state index in [2.05, 4.69) is 21.2 Å². The van der Waals surface area contributed by atoms with Crippen molar-refractivity contribution in [2.45, 2.75) is 37.2 Å². The largest absolute Gasteiger partial charge is 0.444 e. The summed E-state index contributed by atoms with van der Waals surface area (Å²) in [6.45, 7) is 6.67. The maximum Gasteiger partial charge on any atom is 0.407 e. The van der Waals surface area contributed by atoms with Crippen LogP contribution in [0.2, 0.25) is 0 Å². The van der Waals surface area contributed by atoms with Crippen LogP contribution in [0.3, 0.4) is 0 Å². The van der Waals surface area contributed by atoms with Crippen molar-refractivity contribution < 1.29 is 14.3 Å². The molecule has 0 aliphatic carbocycles. The molecule has 1 N–H and O–H groups in total. The van der Waals surface area contributed by atoms with Crippen molar-refractivity contribution in [3.63, 3.8) is 0 Å². The number of alkyl halides is 1. The quantitative estimate of drug-likeness (QED) is 0.734. The molecular formula is C9H16BrNO3. The normalized spacial score (nSPS) is 27.4. The Bertz CT molecular complexity index is 215. The lowest BCUT2D eigenvalue weighted by atomic mass is 10.2. The van der Waals surface area contributed by atoms with Crippen molar-refractivity contribution in [2.24, 2.45) is 0 Å². The van der Waals surface area contributed by atoms with Crippen LogP contribution in [-0.2, 0) is 9.47 Å². The van der Waals surface area contributed by atoms with E-state index in [1.807, 2.05) is 20.8 Å². The molecule has 0 spiro atoms. The topological polar surface area (TPSA) is 47.6 Å². The summed E-state index contributed by atoms with van der Waals surface area (Å²) < 4.78 is 10.3. The van der Waals surface area contributed by atoms with Gasteiger partial charge in [-0.05, 0) is 20.8 Å². The number of hydrogen-bond donors (Lipinski definition) is 1. The van der Waals surface area contributed by atoms with Gasteiger partial charge in [-0.2, -0.15) is 0 Å². The molecule has 0 saturated carbocycles. The third-order valence-electron chi connectivity index (χ3n) is 1.71. The van der Waals surface area contributed by atoms with Crippen molar-refractivity contribution in [2.75, 3.05) is 13.2 Å². The Hall–Kier alpha value is -0.290. The first kappa shape index (κ1) is 11.8. The van der Waals surface area contributed by atoms with Crippen molar-refractivity contribution in [1.29, 1.82) is 0 Å². The highest BCUT2D eigenvalue weighted by molar-refractivity contribution is 9.09. The molecule has 14 heavy (non-hydrogen) atoms. The maximum absolute atomic E-state index is 11.4. The first-order valence-electron chi connectivity index (χ1n) is 4.60. The van der Waals surface area contributed by atoms with Crippen LogP contribution in [0.4, 0.5) is 4.79 Å². The van der Waals surface area contributed by atoms with Gasteiger partial charge in [-0.3, -0.25) is 0 Å². The van der Waals surface area contributed by atoms with Crippen LogP contribution >= 0.6 is 15.9 Å². The van der Waals surface area contributed by atoms with Gasteiger partial charge in [-0.25, -0.2) is 4.79 Å². The highest BCUT2D eigenvalue weighted by atomic mass is 79.9. The summed E-state index contributed by atoms with van der Waals surface area (Å²) in [6.07, 6.45) is -0.391. The molecule has 1 amide bonds. The van der Waals surface area contributed by atoms with Crippen molar-refractivity contribution >= 4 is 22.0 Å². The van der Waals surface area contributed by atoms with Crippen LogP contribution in [0, 0.1) is 0 Å². The van der Waals surface area contributed by atoms with Crippen LogP contribution in [-0.4, -0.2) is 35.8 Å². The number of ether oxygens (including phenoxy) is 2. The fraction of sp³-hybridized carbons (Fsp3) is 0.889. The second kappa shape index (κ2) is 4.49. The van der Waals surface area contributed by atoms with Gasteiger partial charge < -0.3 is 14.8 Å². The molecule has 1 aliphatic rings. The molecule has 0 aromatic carbocycles. The molecule has 4 nitrogen and oxygen atoms in total. The number of amides is 1. The maximum atomic E-state index is 11.4. The molecule has 0 bridgehead atoms. The Morgan fingerprint density at radius 1 is 1.50 bits per heavy atom. The molecule has 2 unspecified atom stereocenters. The first-order valence-corrected chi connectivity index (χ1v) is 5.51. The van der Waals surface area contributed by atoms with Gasteiger partial charge in [-0.1, -0.05) is 15.9 Å². The summed E-state index contributed by atoms with van der Waals surface area (Å²) in [7, 11) is 0. The van der Waals surface area contributed by atoms with Gasteiger partial charge in [-0.15, -0.1) is 0 Å². The monoisotopic (exact) mass is 265 g/mol. The number of carbonyl (C=O) groups excluding carboxylic acids is 1. The molecule has 1 saturated heterocycles. The summed E-state index contributed by atoms with van der Waals surface area (Å²) in [5, 5.41) is 2.75. The van der Waals surface area contributed by atoms with E-state index in [-0.39, 0.29) is 10.9 Å². The summed E-state index contributed by atoms with van der Waals surface area (Å²) in [5.74, 6) is 0. The van der Waals surface area contributed by atoms with Crippen LogP contribution in [0.5, 0.6) is 0 Å². The van der Waals surface area contributed by atoms with Gasteiger partial charge >= 0.3 is 6.09 Å². The van der Waals surface area contributed by atoms with E-state index in [0.717, 1.165) is 0 Å². The third-order valence-corrected chi connectivity index (χ3v) is 2.62. The highest BCUT2D eigenvalue weighted by Gasteiger charge is 2.28. The zero-order chi connectivity index (χ0) is 10.8. The standard InChI is InChI=1S/C9H16BrNO3/c1-9(2,3)14-8(12)11-7-5-13-4-6(7)10/h6-7H,4-5H2,1-3H3,(H,11,12). The first-order chi connectivity index (χ1) is 6.38. The summed E-state index contributed by atoms with van der Waals surface area (Å²) in [4.78, 5) is 11.5. The zero-order valence-corrected chi connectivity index (χ0v) is 10.3. The van der Waals surface area contributed by atoms with Crippen LogP contribution in [0.1, 0.15) is 20.8 Å². The average molecular weight is 266 g/mol. The highest BCUT2D eigenvalue weighted by Crippen LogP contribution is 2.15. The number of halogens is 1. The lowest BCUT2D eigenvalue weighted by Gasteiger charge is -2.22. The minimum atomic E-state index is -0.453. The second-order valence-corrected chi connectivity index (χ2v) is 5.48. The number of hydrogen-bond acceptors (Lipinski definition) is 3. The molecule has 82 valence electrons. The Kier molecular flexibility index (Phi) is 3.78. The van der Waals surface area contributed by atoms with E-state index in [9.17, 15) is 4.79 Å². The summed E-state index contributed by atoms with van der Waals surface area (Å²) in [6, 6.07) is 0.00449. The Balaban J connectivity index is 2.33. The Morgan fingerprint density at radius 2 is 2.14 bits per heavy atom. The van der Waals surface area contributed by atoms with Crippen molar-refractivity contribution in [3.05, 3.63) is 0 Å². The molecule has 0 aromatic rings. The minimum absolute atomic E-state index is 0.00449. The van der Waals surface area contributed by atoms with Crippen molar-refractivity contribution in [3.8, 4) is 0 Å². The van der Waals surface area contributed by atoms with Crippen molar-refractivity contribution in [1.82, 2.24) is 5.32 Å². The van der Waals surface area contributed by atoms with Gasteiger partial charge in [0.05, 0.1) is 24.1 Å². The summed E-state index contributed by atoms with van der Waals surface area (Å²) in [5.41, 5.74) is -0.453. The smallest absolute Gasteiger partial charge is 0.407 e. The van der Waals surface area contributed by atoms with Gasteiger partial charge in [0.1, 0.15) is 5.60 Å². The molecule has 1 aliphatic heterocycles. The molecule has 1 fully saturated rings. The fourth-order valence-electron chi connectivity index (χ4n) is 1.12. The predicted octanol–water partition coefficient (Wildman–Crippen LogP) is 1.67. The molecule has 2 atom stereocenters. The van der Waals surface area contributed by atoms with E-state index in [4.69, 9.17) is 9.47 Å². The van der Waals surface area contributed by atoms with Gasteiger partial charge in [0.2, 0.25) is 0 Å². The summed E-state index contributed by atoms with van der Waals surface area (Å²) >= 11 is 3.42. The Morgan fingerprint density at radius 3 is 2.57 bits per heavy atom. The zero-order valence-electron chi connectivity index (χ0n) is 8.67. The van der Waals surface area contributed by atoms with E-state index >= 15 is 0 Å². The molecular weight excluding hydrogens is 250 g/mol. The van der Waals surface area contributed by atoms with Crippen LogP contribution < -0.4 is 5.32 Å². The fourth-order valence-corrected chi connectivity index (χ4v) is 1.59. The van der Waals surface area contributed by atoms with E-state index in [0.29, 0.717) is 13.2 Å². The second-order valence-electron chi connectivity index (χ2n) is 4.31. The SMILES string of the molecule is CC(C)(C)OC(=O)NC1COCC1Br. The van der Waals surface area contributed by atoms with Crippen LogP contribution in [0.15, 0.2) is 0 Å². The minimum Gasteiger partial charge on any atom is -0.444 e. The molecule has 1 heterocycles. The molecule has 5 heteroatoms. The number of nitrogens with one attached hydrogen (secondary N) is 1. The van der Waals surface area contributed by atoms with E-state index in [1.54, 1.807) is 0 Å². The molecule has 1 rings (SSSR count). The predicted molar refractivity (Wildman–Crippen MR) is 56.7 cm³/mol. The molecule has 0 radical (unpaired) electrons. The average Bonchev–Trinajstić information content (AvgIpc) is 2.32.